The van der Waals surface area contributed by atoms with Crippen molar-refractivity contribution in [3.8, 4) is 0 Å². The molecule has 0 bridgehead atoms. The van der Waals surface area contributed by atoms with Crippen LogP contribution in [0, 0.1) is 6.92 Å². The van der Waals surface area contributed by atoms with E-state index in [1.807, 2.05) is 6.92 Å². The van der Waals surface area contributed by atoms with E-state index in [0.29, 0.717) is 12.5 Å². The lowest BCUT2D eigenvalue weighted by atomic mass is 10.3. The maximum absolute atomic E-state index is 11.6. The van der Waals surface area contributed by atoms with Gasteiger partial charge in [0.1, 0.15) is 5.88 Å². The van der Waals surface area contributed by atoms with E-state index in [0.717, 1.165) is 18.5 Å². The van der Waals surface area contributed by atoms with Crippen LogP contribution in [0.5, 0.6) is 0 Å². The molecule has 2 rings (SSSR count). The summed E-state index contributed by atoms with van der Waals surface area (Å²) in [5.74, 6) is 0.830. The van der Waals surface area contributed by atoms with Crippen molar-refractivity contribution in [3.05, 3.63) is 18.0 Å². The molecule has 0 unspecified atom stereocenters. The quantitative estimate of drug-likeness (QED) is 0.726. The summed E-state index contributed by atoms with van der Waals surface area (Å²) in [5, 5.41) is 0. The summed E-state index contributed by atoms with van der Waals surface area (Å²) in [6, 6.07) is 1.80. The molecule has 1 fully saturated rings. The standard InChI is InChI=1S/C10H15N3O2S/c1-9-4-5-11-10(12-9)13-6-2-3-7-16(14,15)8-13/h4-5H,2-3,6-8H2,1H3. The average molecular weight is 241 g/mol. The fourth-order valence-corrected chi connectivity index (χ4v) is 3.23. The molecular formula is C10H15N3O2S. The van der Waals surface area contributed by atoms with Crippen LogP contribution in [0.3, 0.4) is 0 Å². The fraction of sp³-hybridized carbons (Fsp3) is 0.600. The molecule has 0 atom stereocenters. The summed E-state index contributed by atoms with van der Waals surface area (Å²) in [6.07, 6.45) is 3.26. The molecule has 2 heterocycles. The van der Waals surface area contributed by atoms with Gasteiger partial charge >= 0.3 is 0 Å². The van der Waals surface area contributed by atoms with Crippen molar-refractivity contribution in [2.75, 3.05) is 23.1 Å². The van der Waals surface area contributed by atoms with Crippen molar-refractivity contribution >= 4 is 15.8 Å². The summed E-state index contributed by atoms with van der Waals surface area (Å²) < 4.78 is 23.3. The highest BCUT2D eigenvalue weighted by molar-refractivity contribution is 7.91. The van der Waals surface area contributed by atoms with Gasteiger partial charge in [-0.3, -0.25) is 0 Å². The maximum Gasteiger partial charge on any atom is 0.226 e. The lowest BCUT2D eigenvalue weighted by Gasteiger charge is -2.19. The van der Waals surface area contributed by atoms with Crippen LogP contribution < -0.4 is 4.90 Å². The molecule has 0 spiro atoms. The Morgan fingerprint density at radius 2 is 2.19 bits per heavy atom. The first-order chi connectivity index (χ1) is 7.57. The van der Waals surface area contributed by atoms with Gasteiger partial charge in [0.15, 0.2) is 9.84 Å². The van der Waals surface area contributed by atoms with E-state index in [1.54, 1.807) is 17.2 Å². The Kier molecular flexibility index (Phi) is 3.09. The smallest absolute Gasteiger partial charge is 0.226 e. The van der Waals surface area contributed by atoms with E-state index >= 15 is 0 Å². The van der Waals surface area contributed by atoms with Crippen molar-refractivity contribution in [2.24, 2.45) is 0 Å². The first kappa shape index (κ1) is 11.3. The number of hydrogen-bond donors (Lipinski definition) is 0. The Hall–Kier alpha value is -1.17. The Morgan fingerprint density at radius 1 is 1.38 bits per heavy atom. The molecule has 1 aliphatic rings. The van der Waals surface area contributed by atoms with Gasteiger partial charge in [0.05, 0.1) is 5.75 Å². The zero-order valence-corrected chi connectivity index (χ0v) is 10.1. The van der Waals surface area contributed by atoms with E-state index in [2.05, 4.69) is 9.97 Å². The van der Waals surface area contributed by atoms with Gasteiger partial charge in [0, 0.05) is 18.4 Å². The third-order valence-electron chi connectivity index (χ3n) is 2.55. The van der Waals surface area contributed by atoms with Crippen LogP contribution in [0.1, 0.15) is 18.5 Å². The van der Waals surface area contributed by atoms with E-state index in [9.17, 15) is 8.42 Å². The predicted molar refractivity (Wildman–Crippen MR) is 62.0 cm³/mol. The molecule has 0 saturated carbocycles. The second-order valence-corrected chi connectivity index (χ2v) is 6.20. The minimum absolute atomic E-state index is 0.0381. The summed E-state index contributed by atoms with van der Waals surface area (Å²) in [4.78, 5) is 10.1. The van der Waals surface area contributed by atoms with Gasteiger partial charge < -0.3 is 4.90 Å². The molecule has 16 heavy (non-hydrogen) atoms. The highest BCUT2D eigenvalue weighted by Crippen LogP contribution is 2.14. The number of sulfone groups is 1. The molecule has 0 aliphatic carbocycles. The Morgan fingerprint density at radius 3 is 2.94 bits per heavy atom. The SMILES string of the molecule is Cc1ccnc(N2CCCCS(=O)(=O)C2)n1. The van der Waals surface area contributed by atoms with Crippen molar-refractivity contribution in [1.29, 1.82) is 0 Å². The molecule has 0 N–H and O–H groups in total. The molecule has 88 valence electrons. The Labute approximate surface area is 95.4 Å². The van der Waals surface area contributed by atoms with Gasteiger partial charge in [-0.05, 0) is 25.8 Å². The first-order valence-corrected chi connectivity index (χ1v) is 7.14. The normalized spacial score (nSPS) is 20.4. The second-order valence-electron chi connectivity index (χ2n) is 4.05. The van der Waals surface area contributed by atoms with E-state index < -0.39 is 9.84 Å². The maximum atomic E-state index is 11.6. The highest BCUT2D eigenvalue weighted by Gasteiger charge is 2.22. The van der Waals surface area contributed by atoms with Crippen LogP contribution in [0.15, 0.2) is 12.3 Å². The van der Waals surface area contributed by atoms with Crippen LogP contribution in [0.2, 0.25) is 0 Å². The topological polar surface area (TPSA) is 63.2 Å². The van der Waals surface area contributed by atoms with Crippen LogP contribution >= 0.6 is 0 Å². The number of rotatable bonds is 1. The lowest BCUT2D eigenvalue weighted by Crippen LogP contribution is -2.30. The van der Waals surface area contributed by atoms with Crippen LogP contribution in [-0.4, -0.2) is 36.6 Å². The summed E-state index contributed by atoms with van der Waals surface area (Å²) in [6.45, 7) is 2.58. The minimum atomic E-state index is -2.98. The largest absolute Gasteiger partial charge is 0.326 e. The minimum Gasteiger partial charge on any atom is -0.326 e. The number of hydrogen-bond acceptors (Lipinski definition) is 5. The summed E-state index contributed by atoms with van der Waals surface area (Å²) in [5.41, 5.74) is 0.853. The highest BCUT2D eigenvalue weighted by atomic mass is 32.2. The van der Waals surface area contributed by atoms with Gasteiger partial charge in [-0.1, -0.05) is 0 Å². The Balaban J connectivity index is 2.26. The summed E-state index contributed by atoms with van der Waals surface area (Å²) >= 11 is 0. The second kappa shape index (κ2) is 4.37. The third kappa shape index (κ3) is 2.69. The monoisotopic (exact) mass is 241 g/mol. The molecule has 1 saturated heterocycles. The van der Waals surface area contributed by atoms with Crippen molar-refractivity contribution < 1.29 is 8.42 Å². The third-order valence-corrected chi connectivity index (χ3v) is 4.17. The van der Waals surface area contributed by atoms with Gasteiger partial charge in [0.25, 0.3) is 0 Å². The number of aromatic nitrogens is 2. The zero-order chi connectivity index (χ0) is 11.6. The number of aryl methyl sites for hydroxylation is 1. The number of anilines is 1. The Bertz CT molecular complexity index is 473. The van der Waals surface area contributed by atoms with Crippen LogP contribution in [0.25, 0.3) is 0 Å². The lowest BCUT2D eigenvalue weighted by molar-refractivity contribution is 0.595. The molecule has 0 amide bonds. The van der Waals surface area contributed by atoms with Crippen molar-refractivity contribution in [1.82, 2.24) is 9.97 Å². The molecule has 0 aromatic carbocycles. The number of nitrogens with zero attached hydrogens (tertiary/aromatic N) is 3. The molecule has 1 aromatic heterocycles. The van der Waals surface area contributed by atoms with Gasteiger partial charge in [-0.15, -0.1) is 0 Å². The van der Waals surface area contributed by atoms with Gasteiger partial charge in [-0.2, -0.15) is 0 Å². The molecular weight excluding hydrogens is 226 g/mol. The average Bonchev–Trinajstić information content (AvgIpc) is 2.39. The molecule has 6 heteroatoms. The fourth-order valence-electron chi connectivity index (χ4n) is 1.74. The van der Waals surface area contributed by atoms with E-state index in [4.69, 9.17) is 0 Å². The van der Waals surface area contributed by atoms with Crippen molar-refractivity contribution in [2.45, 2.75) is 19.8 Å². The molecule has 1 aromatic rings. The predicted octanol–water partition coefficient (Wildman–Crippen LogP) is 0.758. The van der Waals surface area contributed by atoms with Crippen LogP contribution in [-0.2, 0) is 9.84 Å². The zero-order valence-electron chi connectivity index (χ0n) is 9.26. The summed E-state index contributed by atoms with van der Waals surface area (Å²) in [7, 11) is -2.98. The molecule has 5 nitrogen and oxygen atoms in total. The van der Waals surface area contributed by atoms with E-state index in [-0.39, 0.29) is 11.6 Å². The van der Waals surface area contributed by atoms with E-state index in [1.165, 1.54) is 0 Å². The first-order valence-electron chi connectivity index (χ1n) is 5.32. The van der Waals surface area contributed by atoms with Gasteiger partial charge in [-0.25, -0.2) is 18.4 Å². The van der Waals surface area contributed by atoms with Crippen LogP contribution in [0.4, 0.5) is 5.95 Å². The molecule has 1 aliphatic heterocycles. The molecule has 0 radical (unpaired) electrons. The van der Waals surface area contributed by atoms with Crippen molar-refractivity contribution in [3.63, 3.8) is 0 Å². The van der Waals surface area contributed by atoms with Gasteiger partial charge in [0.2, 0.25) is 5.95 Å².